The SMILES string of the molecule is COc1ccc(C2=N[C@@H](c3ccc(Cl)cc3)C(c3ccc([N+](=O)[O-])cc3)N2)cc1. The average Bonchev–Trinajstić information content (AvgIpc) is 3.20. The number of nitrogens with one attached hydrogen (secondary N) is 1. The summed E-state index contributed by atoms with van der Waals surface area (Å²) < 4.78 is 5.23. The Morgan fingerprint density at radius 3 is 2.17 bits per heavy atom. The highest BCUT2D eigenvalue weighted by atomic mass is 35.5. The molecule has 0 amide bonds. The number of amidine groups is 1. The van der Waals surface area contributed by atoms with Gasteiger partial charge in [-0.3, -0.25) is 15.1 Å². The van der Waals surface area contributed by atoms with E-state index in [1.165, 1.54) is 12.1 Å². The molecule has 0 aliphatic carbocycles. The first-order valence-electron chi connectivity index (χ1n) is 9.04. The maximum Gasteiger partial charge on any atom is 0.269 e. The molecule has 1 unspecified atom stereocenters. The molecule has 0 bridgehead atoms. The van der Waals surface area contributed by atoms with Crippen LogP contribution in [0.3, 0.4) is 0 Å². The van der Waals surface area contributed by atoms with Crippen LogP contribution in [0.25, 0.3) is 0 Å². The molecule has 7 heteroatoms. The minimum Gasteiger partial charge on any atom is -0.497 e. The third-order valence-electron chi connectivity index (χ3n) is 4.91. The van der Waals surface area contributed by atoms with E-state index in [1.807, 2.05) is 48.5 Å². The topological polar surface area (TPSA) is 76.8 Å². The second kappa shape index (κ2) is 7.93. The highest BCUT2D eigenvalue weighted by molar-refractivity contribution is 6.30. The fraction of sp³-hybridized carbons (Fsp3) is 0.136. The van der Waals surface area contributed by atoms with Crippen molar-refractivity contribution in [2.24, 2.45) is 4.99 Å². The summed E-state index contributed by atoms with van der Waals surface area (Å²) in [5.74, 6) is 1.53. The van der Waals surface area contributed by atoms with Crippen LogP contribution < -0.4 is 10.1 Å². The van der Waals surface area contributed by atoms with E-state index >= 15 is 0 Å². The van der Waals surface area contributed by atoms with Gasteiger partial charge in [-0.2, -0.15) is 0 Å². The molecule has 3 aromatic rings. The van der Waals surface area contributed by atoms with Crippen LogP contribution >= 0.6 is 11.6 Å². The molecular weight excluding hydrogens is 390 g/mol. The van der Waals surface area contributed by atoms with Crippen molar-refractivity contribution >= 4 is 23.1 Å². The Labute approximate surface area is 173 Å². The minimum absolute atomic E-state index is 0.0612. The Morgan fingerprint density at radius 2 is 1.59 bits per heavy atom. The molecule has 1 heterocycles. The van der Waals surface area contributed by atoms with Crippen molar-refractivity contribution in [1.29, 1.82) is 0 Å². The van der Waals surface area contributed by atoms with E-state index in [0.29, 0.717) is 5.02 Å². The van der Waals surface area contributed by atoms with Crippen LogP contribution in [0.15, 0.2) is 77.8 Å². The van der Waals surface area contributed by atoms with Crippen molar-refractivity contribution < 1.29 is 9.66 Å². The molecule has 0 spiro atoms. The molecule has 29 heavy (non-hydrogen) atoms. The lowest BCUT2D eigenvalue weighted by Crippen LogP contribution is -2.25. The van der Waals surface area contributed by atoms with Gasteiger partial charge in [0.05, 0.1) is 18.1 Å². The van der Waals surface area contributed by atoms with Crippen molar-refractivity contribution in [1.82, 2.24) is 5.32 Å². The summed E-state index contributed by atoms with van der Waals surface area (Å²) in [6.07, 6.45) is 0. The fourth-order valence-electron chi connectivity index (χ4n) is 3.38. The van der Waals surface area contributed by atoms with Gasteiger partial charge in [0.1, 0.15) is 17.6 Å². The Hall–Kier alpha value is -3.38. The average molecular weight is 408 g/mol. The first-order valence-corrected chi connectivity index (χ1v) is 9.41. The van der Waals surface area contributed by atoms with Crippen LogP contribution in [0.2, 0.25) is 5.02 Å². The summed E-state index contributed by atoms with van der Waals surface area (Å²) >= 11 is 6.04. The third-order valence-corrected chi connectivity index (χ3v) is 5.17. The minimum atomic E-state index is -0.401. The van der Waals surface area contributed by atoms with Gasteiger partial charge < -0.3 is 10.1 Å². The van der Waals surface area contributed by atoms with Gasteiger partial charge in [0.25, 0.3) is 5.69 Å². The largest absolute Gasteiger partial charge is 0.497 e. The fourth-order valence-corrected chi connectivity index (χ4v) is 3.51. The van der Waals surface area contributed by atoms with Gasteiger partial charge in [0.15, 0.2) is 0 Å². The Morgan fingerprint density at radius 1 is 0.966 bits per heavy atom. The molecular formula is C22H18ClN3O3. The predicted molar refractivity (Wildman–Crippen MR) is 113 cm³/mol. The van der Waals surface area contributed by atoms with Gasteiger partial charge >= 0.3 is 0 Å². The first-order chi connectivity index (χ1) is 14.0. The molecule has 0 aromatic heterocycles. The zero-order chi connectivity index (χ0) is 20.4. The smallest absolute Gasteiger partial charge is 0.269 e. The summed E-state index contributed by atoms with van der Waals surface area (Å²) in [4.78, 5) is 15.5. The maximum atomic E-state index is 11.0. The zero-order valence-electron chi connectivity index (χ0n) is 15.6. The zero-order valence-corrected chi connectivity index (χ0v) is 16.3. The van der Waals surface area contributed by atoms with E-state index in [9.17, 15) is 10.1 Å². The number of nitrogens with zero attached hydrogens (tertiary/aromatic N) is 2. The number of hydrogen-bond acceptors (Lipinski definition) is 5. The molecule has 4 rings (SSSR count). The highest BCUT2D eigenvalue weighted by Crippen LogP contribution is 2.38. The van der Waals surface area contributed by atoms with Crippen molar-refractivity contribution in [2.75, 3.05) is 7.11 Å². The Kier molecular flexibility index (Phi) is 5.18. The normalized spacial score (nSPS) is 18.1. The summed E-state index contributed by atoms with van der Waals surface area (Å²) in [7, 11) is 1.63. The van der Waals surface area contributed by atoms with Crippen LogP contribution in [-0.4, -0.2) is 17.9 Å². The van der Waals surface area contributed by atoms with Crippen molar-refractivity contribution in [2.45, 2.75) is 12.1 Å². The van der Waals surface area contributed by atoms with E-state index in [1.54, 1.807) is 19.2 Å². The van der Waals surface area contributed by atoms with E-state index in [0.717, 1.165) is 28.3 Å². The second-order valence-corrected chi connectivity index (χ2v) is 7.11. The van der Waals surface area contributed by atoms with Crippen LogP contribution in [0.1, 0.15) is 28.8 Å². The standard InChI is InChI=1S/C22H18ClN3O3/c1-29-19-12-6-16(7-13-19)22-24-20(14-2-8-17(23)9-3-14)21(25-22)15-4-10-18(11-5-15)26(27)28/h2-13,20-21H,1H3,(H,24,25)/t20-,21?/m0/s1. The number of rotatable bonds is 5. The molecule has 0 saturated heterocycles. The molecule has 2 atom stereocenters. The van der Waals surface area contributed by atoms with Gasteiger partial charge in [0, 0.05) is 22.7 Å². The quantitative estimate of drug-likeness (QED) is 0.472. The molecule has 146 valence electrons. The molecule has 1 N–H and O–H groups in total. The van der Waals surface area contributed by atoms with Crippen LogP contribution in [0.4, 0.5) is 5.69 Å². The third kappa shape index (κ3) is 3.93. The van der Waals surface area contributed by atoms with Gasteiger partial charge in [-0.1, -0.05) is 35.9 Å². The van der Waals surface area contributed by atoms with Crippen LogP contribution in [0, 0.1) is 10.1 Å². The van der Waals surface area contributed by atoms with Crippen molar-refractivity contribution in [3.63, 3.8) is 0 Å². The van der Waals surface area contributed by atoms with Crippen molar-refractivity contribution in [3.05, 3.63) is 105 Å². The molecule has 1 aliphatic rings. The highest BCUT2D eigenvalue weighted by Gasteiger charge is 2.32. The maximum absolute atomic E-state index is 11.0. The second-order valence-electron chi connectivity index (χ2n) is 6.67. The number of hydrogen-bond donors (Lipinski definition) is 1. The van der Waals surface area contributed by atoms with Gasteiger partial charge in [-0.15, -0.1) is 0 Å². The number of aliphatic imine (C=N–C) groups is 1. The molecule has 0 saturated carbocycles. The van der Waals surface area contributed by atoms with E-state index in [-0.39, 0.29) is 17.8 Å². The molecule has 3 aromatic carbocycles. The first kappa shape index (κ1) is 19.0. The number of nitro benzene ring substituents is 1. The number of non-ortho nitro benzene ring substituents is 1. The van der Waals surface area contributed by atoms with Crippen molar-refractivity contribution in [3.8, 4) is 5.75 Å². The number of halogens is 1. The van der Waals surface area contributed by atoms with E-state index in [2.05, 4.69) is 5.32 Å². The van der Waals surface area contributed by atoms with E-state index < -0.39 is 4.92 Å². The lowest BCUT2D eigenvalue weighted by Gasteiger charge is -2.19. The van der Waals surface area contributed by atoms with Crippen LogP contribution in [0.5, 0.6) is 5.75 Å². The Balaban J connectivity index is 1.70. The summed E-state index contributed by atoms with van der Waals surface area (Å²) in [6.45, 7) is 0. The molecule has 6 nitrogen and oxygen atoms in total. The summed E-state index contributed by atoms with van der Waals surface area (Å²) in [6, 6.07) is 21.5. The number of nitro groups is 1. The summed E-state index contributed by atoms with van der Waals surface area (Å²) in [5, 5.41) is 15.1. The van der Waals surface area contributed by atoms with E-state index in [4.69, 9.17) is 21.3 Å². The summed E-state index contributed by atoms with van der Waals surface area (Å²) in [5.41, 5.74) is 2.93. The monoisotopic (exact) mass is 407 g/mol. The van der Waals surface area contributed by atoms with Gasteiger partial charge in [0.2, 0.25) is 0 Å². The predicted octanol–water partition coefficient (Wildman–Crippen LogP) is 5.09. The number of benzene rings is 3. The number of methoxy groups -OCH3 is 1. The lowest BCUT2D eigenvalue weighted by molar-refractivity contribution is -0.384. The van der Waals surface area contributed by atoms with Gasteiger partial charge in [-0.05, 0) is 47.5 Å². The molecule has 0 fully saturated rings. The Bertz CT molecular complexity index is 1050. The molecule has 0 radical (unpaired) electrons. The lowest BCUT2D eigenvalue weighted by atomic mass is 9.95. The van der Waals surface area contributed by atoms with Gasteiger partial charge in [-0.25, -0.2) is 0 Å². The molecule has 1 aliphatic heterocycles. The van der Waals surface area contributed by atoms with Crippen LogP contribution in [-0.2, 0) is 0 Å². The number of ether oxygens (including phenoxy) is 1.